The molecule has 1 aliphatic rings. The monoisotopic (exact) mass is 458 g/mol. The van der Waals surface area contributed by atoms with E-state index in [0.717, 1.165) is 35.1 Å². The van der Waals surface area contributed by atoms with Crippen LogP contribution in [0.5, 0.6) is 0 Å². The Kier molecular flexibility index (Phi) is 6.32. The third-order valence-corrected chi connectivity index (χ3v) is 6.06. The maximum Gasteiger partial charge on any atom is 0.416 e. The van der Waals surface area contributed by atoms with Crippen molar-refractivity contribution >= 4 is 11.6 Å². The Labute approximate surface area is 191 Å². The summed E-state index contributed by atoms with van der Waals surface area (Å²) in [6.45, 7) is 7.00. The summed E-state index contributed by atoms with van der Waals surface area (Å²) in [4.78, 5) is 3.48. The van der Waals surface area contributed by atoms with Gasteiger partial charge in [0.05, 0.1) is 18.7 Å². The number of hydrogen-bond donors (Lipinski definition) is 1. The molecule has 1 aromatic heterocycles. The second kappa shape index (κ2) is 9.03. The Morgan fingerprint density at radius 3 is 2.45 bits per heavy atom. The number of fused-ring (bicyclic) bond motifs is 1. The molecule has 2 aromatic carbocycles. The van der Waals surface area contributed by atoms with Crippen LogP contribution in [0.2, 0.25) is 0 Å². The van der Waals surface area contributed by atoms with Crippen LogP contribution in [0.1, 0.15) is 59.2 Å². The minimum atomic E-state index is -4.39. The van der Waals surface area contributed by atoms with Crippen molar-refractivity contribution in [1.29, 1.82) is 0 Å². The molecule has 0 unspecified atom stereocenters. The second-order valence-electron chi connectivity index (χ2n) is 8.74. The van der Waals surface area contributed by atoms with Crippen LogP contribution in [0.25, 0.3) is 0 Å². The van der Waals surface area contributed by atoms with Crippen molar-refractivity contribution in [2.75, 3.05) is 16.8 Å². The molecule has 4 rings (SSSR count). The largest absolute Gasteiger partial charge is 0.416 e. The molecule has 1 atom stereocenters. The number of aryl methyl sites for hydroxylation is 4. The van der Waals surface area contributed by atoms with Crippen molar-refractivity contribution in [3.8, 4) is 0 Å². The van der Waals surface area contributed by atoms with Gasteiger partial charge < -0.3 is 10.2 Å². The number of nitrogens with zero attached hydrogens (tertiary/aromatic N) is 5. The highest BCUT2D eigenvalue weighted by atomic mass is 19.4. The van der Waals surface area contributed by atoms with Gasteiger partial charge in [-0.3, -0.25) is 0 Å². The Morgan fingerprint density at radius 1 is 1.12 bits per heavy atom. The average molecular weight is 459 g/mol. The topological polar surface area (TPSA) is 58.9 Å². The fourth-order valence-electron chi connectivity index (χ4n) is 4.71. The van der Waals surface area contributed by atoms with E-state index in [1.165, 1.54) is 10.9 Å². The van der Waals surface area contributed by atoms with Crippen LogP contribution in [-0.2, 0) is 26.2 Å². The van der Waals surface area contributed by atoms with Crippen molar-refractivity contribution in [3.63, 3.8) is 0 Å². The van der Waals surface area contributed by atoms with Crippen LogP contribution in [0.15, 0.2) is 30.3 Å². The molecule has 2 heterocycles. The van der Waals surface area contributed by atoms with Crippen LogP contribution in [0.4, 0.5) is 24.8 Å². The van der Waals surface area contributed by atoms with Gasteiger partial charge in [0.15, 0.2) is 0 Å². The zero-order valence-corrected chi connectivity index (χ0v) is 19.4. The molecule has 0 amide bonds. The number of alkyl halides is 3. The third-order valence-electron chi connectivity index (χ3n) is 6.06. The van der Waals surface area contributed by atoms with E-state index in [9.17, 15) is 13.2 Å². The molecule has 3 aromatic rings. The normalized spacial score (nSPS) is 16.2. The first-order valence-corrected chi connectivity index (χ1v) is 11.2. The predicted octanol–water partition coefficient (Wildman–Crippen LogP) is 5.36. The van der Waals surface area contributed by atoms with Crippen LogP contribution < -0.4 is 10.2 Å². The highest BCUT2D eigenvalue weighted by molar-refractivity contribution is 5.60. The van der Waals surface area contributed by atoms with E-state index in [0.29, 0.717) is 36.7 Å². The van der Waals surface area contributed by atoms with E-state index in [1.54, 1.807) is 20.0 Å². The van der Waals surface area contributed by atoms with Gasteiger partial charge in [0.25, 0.3) is 5.95 Å². The molecule has 1 aliphatic heterocycles. The molecule has 0 spiro atoms. The number of anilines is 2. The lowest BCUT2D eigenvalue weighted by molar-refractivity contribution is -0.138. The molecule has 0 fully saturated rings. The van der Waals surface area contributed by atoms with Crippen LogP contribution in [-0.4, -0.2) is 26.8 Å². The van der Waals surface area contributed by atoms with E-state index in [2.05, 4.69) is 57.7 Å². The highest BCUT2D eigenvalue weighted by Crippen LogP contribution is 2.42. The summed E-state index contributed by atoms with van der Waals surface area (Å²) in [5.74, 6) is 0.465. The van der Waals surface area contributed by atoms with Crippen molar-refractivity contribution < 1.29 is 13.2 Å². The van der Waals surface area contributed by atoms with E-state index < -0.39 is 11.7 Å². The molecule has 33 heavy (non-hydrogen) atoms. The summed E-state index contributed by atoms with van der Waals surface area (Å²) in [6.07, 6.45) is -2.52. The van der Waals surface area contributed by atoms with E-state index in [4.69, 9.17) is 0 Å². The number of tetrazole rings is 1. The Bertz CT molecular complexity index is 1120. The van der Waals surface area contributed by atoms with Gasteiger partial charge in [0.2, 0.25) is 0 Å². The first-order valence-electron chi connectivity index (χ1n) is 11.2. The maximum absolute atomic E-state index is 13.7. The maximum atomic E-state index is 13.7. The van der Waals surface area contributed by atoms with Crippen LogP contribution in [0, 0.1) is 13.8 Å². The van der Waals surface area contributed by atoms with Crippen molar-refractivity contribution in [2.45, 2.75) is 58.8 Å². The molecular formula is C24H29F3N6. The van der Waals surface area contributed by atoms with Gasteiger partial charge in [-0.25, -0.2) is 0 Å². The van der Waals surface area contributed by atoms with Gasteiger partial charge in [-0.1, -0.05) is 47.4 Å². The van der Waals surface area contributed by atoms with E-state index in [-0.39, 0.29) is 6.04 Å². The summed E-state index contributed by atoms with van der Waals surface area (Å²) < 4.78 is 41.2. The molecule has 0 saturated carbocycles. The molecule has 0 aliphatic carbocycles. The van der Waals surface area contributed by atoms with Crippen molar-refractivity contribution in [3.05, 3.63) is 63.7 Å². The standard InChI is InChI=1S/C24H29F3N6/c1-5-18-12-19-21(13-20(18)24(25,26)27)28-8-6-7-22(19)33(23-29-31-32(4)30-23)14-17-10-15(2)9-16(3)11-17/h9-13,22,28H,5-8,14H2,1-4H3/t22-/m0/s1. The molecule has 0 bridgehead atoms. The van der Waals surface area contributed by atoms with Crippen molar-refractivity contribution in [1.82, 2.24) is 20.2 Å². The Hall–Kier alpha value is -3.10. The summed E-state index contributed by atoms with van der Waals surface area (Å²) in [5, 5.41) is 16.0. The van der Waals surface area contributed by atoms with E-state index in [1.807, 2.05) is 0 Å². The highest BCUT2D eigenvalue weighted by Gasteiger charge is 2.36. The molecule has 9 heteroatoms. The average Bonchev–Trinajstić information content (AvgIpc) is 3.06. The molecule has 0 saturated heterocycles. The zero-order valence-electron chi connectivity index (χ0n) is 19.4. The van der Waals surface area contributed by atoms with Gasteiger partial charge >= 0.3 is 6.18 Å². The predicted molar refractivity (Wildman–Crippen MR) is 122 cm³/mol. The SMILES string of the molecule is CCc1cc2c(cc1C(F)(F)F)NCCC[C@@H]2N(Cc1cc(C)cc(C)c1)c1nnn(C)n1. The molecule has 1 N–H and O–H groups in total. The minimum absolute atomic E-state index is 0.187. The van der Waals surface area contributed by atoms with E-state index >= 15 is 0 Å². The van der Waals surface area contributed by atoms with Crippen LogP contribution in [0.3, 0.4) is 0 Å². The number of benzene rings is 2. The van der Waals surface area contributed by atoms with Gasteiger partial charge in [-0.05, 0) is 61.1 Å². The molecule has 0 radical (unpaired) electrons. The van der Waals surface area contributed by atoms with Crippen molar-refractivity contribution in [2.24, 2.45) is 7.05 Å². The van der Waals surface area contributed by atoms with Gasteiger partial charge in [-0.15, -0.1) is 5.10 Å². The van der Waals surface area contributed by atoms with Gasteiger partial charge in [-0.2, -0.15) is 18.0 Å². The zero-order chi connectivity index (χ0) is 23.8. The molecule has 176 valence electrons. The lowest BCUT2D eigenvalue weighted by Gasteiger charge is -2.32. The minimum Gasteiger partial charge on any atom is -0.385 e. The Morgan fingerprint density at radius 2 is 1.85 bits per heavy atom. The number of aromatic nitrogens is 4. The third kappa shape index (κ3) is 4.96. The smallest absolute Gasteiger partial charge is 0.385 e. The quantitative estimate of drug-likeness (QED) is 0.558. The van der Waals surface area contributed by atoms with Gasteiger partial charge in [0.1, 0.15) is 0 Å². The summed E-state index contributed by atoms with van der Waals surface area (Å²) >= 11 is 0. The van der Waals surface area contributed by atoms with Gasteiger partial charge in [0, 0.05) is 18.8 Å². The Balaban J connectivity index is 1.83. The second-order valence-corrected chi connectivity index (χ2v) is 8.74. The molecular weight excluding hydrogens is 429 g/mol. The summed E-state index contributed by atoms with van der Waals surface area (Å²) in [7, 11) is 1.71. The molecule has 6 nitrogen and oxygen atoms in total. The first-order chi connectivity index (χ1) is 15.7. The number of hydrogen-bond acceptors (Lipinski definition) is 5. The summed E-state index contributed by atoms with van der Waals surface area (Å²) in [5.41, 5.74) is 4.50. The lowest BCUT2D eigenvalue weighted by Crippen LogP contribution is -2.30. The first kappa shape index (κ1) is 23.1. The fraction of sp³-hybridized carbons (Fsp3) is 0.458. The number of nitrogens with one attached hydrogen (secondary N) is 1. The lowest BCUT2D eigenvalue weighted by atomic mass is 9.93. The van der Waals surface area contributed by atoms with Crippen LogP contribution >= 0.6 is 0 Å². The fourth-order valence-corrected chi connectivity index (χ4v) is 4.71. The number of halogens is 3. The summed E-state index contributed by atoms with van der Waals surface area (Å²) in [6, 6.07) is 9.16. The number of rotatable bonds is 5.